The topological polar surface area (TPSA) is 98.2 Å². The number of nitrogens with zero attached hydrogens (tertiary/aromatic N) is 1. The van der Waals surface area contributed by atoms with Crippen molar-refractivity contribution in [2.45, 2.75) is 6.42 Å². The zero-order chi connectivity index (χ0) is 12.3. The van der Waals surface area contributed by atoms with Gasteiger partial charge in [-0.3, -0.25) is 9.59 Å². The summed E-state index contributed by atoms with van der Waals surface area (Å²) >= 11 is 0. The Labute approximate surface area is 96.8 Å². The number of hydrogen-bond donors (Lipinski definition) is 2. The number of amides is 2. The van der Waals surface area contributed by atoms with E-state index >= 15 is 0 Å². The van der Waals surface area contributed by atoms with Crippen LogP contribution < -0.4 is 11.1 Å². The number of carbonyl (C=O) groups is 2. The summed E-state index contributed by atoms with van der Waals surface area (Å²) < 4.78 is 5.15. The normalized spacial score (nSPS) is 10.4. The summed E-state index contributed by atoms with van der Waals surface area (Å²) in [6, 6.07) is 5.57. The van der Waals surface area contributed by atoms with Crippen molar-refractivity contribution >= 4 is 22.9 Å². The number of primary amides is 1. The second kappa shape index (κ2) is 4.65. The van der Waals surface area contributed by atoms with E-state index in [0.717, 1.165) is 11.1 Å². The summed E-state index contributed by atoms with van der Waals surface area (Å²) in [7, 11) is 0. The van der Waals surface area contributed by atoms with E-state index in [-0.39, 0.29) is 0 Å². The van der Waals surface area contributed by atoms with Gasteiger partial charge >= 0.3 is 11.8 Å². The Morgan fingerprint density at radius 1 is 1.41 bits per heavy atom. The summed E-state index contributed by atoms with van der Waals surface area (Å²) in [5.74, 6) is -1.75. The third-order valence-corrected chi connectivity index (χ3v) is 2.32. The smallest absolute Gasteiger partial charge is 0.309 e. The van der Waals surface area contributed by atoms with Gasteiger partial charge in [0.15, 0.2) is 12.0 Å². The molecule has 0 aliphatic heterocycles. The number of hydrogen-bond acceptors (Lipinski definition) is 4. The minimum Gasteiger partial charge on any atom is -0.443 e. The first-order valence-electron chi connectivity index (χ1n) is 5.06. The van der Waals surface area contributed by atoms with Gasteiger partial charge < -0.3 is 15.5 Å². The van der Waals surface area contributed by atoms with Crippen LogP contribution in [-0.2, 0) is 16.0 Å². The summed E-state index contributed by atoms with van der Waals surface area (Å²) in [6.45, 7) is 0.349. The van der Waals surface area contributed by atoms with Crippen LogP contribution in [0.5, 0.6) is 0 Å². The fourth-order valence-electron chi connectivity index (χ4n) is 1.46. The number of benzene rings is 1. The van der Waals surface area contributed by atoms with E-state index in [2.05, 4.69) is 10.3 Å². The number of nitrogens with one attached hydrogen (secondary N) is 1. The van der Waals surface area contributed by atoms with Crippen molar-refractivity contribution in [3.8, 4) is 0 Å². The molecule has 2 amide bonds. The molecular weight excluding hydrogens is 222 g/mol. The van der Waals surface area contributed by atoms with E-state index in [0.29, 0.717) is 18.5 Å². The highest BCUT2D eigenvalue weighted by molar-refractivity contribution is 6.34. The zero-order valence-corrected chi connectivity index (χ0v) is 8.97. The molecule has 0 aliphatic carbocycles. The number of nitrogens with two attached hydrogens (primary N) is 1. The SMILES string of the molecule is NC(=O)C(=O)NCCc1ccc2ncoc2c1. The number of carbonyl (C=O) groups excluding carboxylic acids is 2. The molecule has 1 heterocycles. The Hall–Kier alpha value is -2.37. The molecule has 17 heavy (non-hydrogen) atoms. The zero-order valence-electron chi connectivity index (χ0n) is 8.97. The number of rotatable bonds is 3. The average molecular weight is 233 g/mol. The van der Waals surface area contributed by atoms with E-state index in [1.165, 1.54) is 6.39 Å². The van der Waals surface area contributed by atoms with Gasteiger partial charge in [-0.25, -0.2) is 4.98 Å². The Kier molecular flexibility index (Phi) is 3.04. The lowest BCUT2D eigenvalue weighted by Crippen LogP contribution is -2.37. The third kappa shape index (κ3) is 2.60. The summed E-state index contributed by atoms with van der Waals surface area (Å²) in [6.07, 6.45) is 1.97. The Morgan fingerprint density at radius 2 is 2.24 bits per heavy atom. The molecule has 0 radical (unpaired) electrons. The first kappa shape index (κ1) is 11.1. The molecule has 1 aromatic carbocycles. The molecule has 88 valence electrons. The molecule has 0 unspecified atom stereocenters. The third-order valence-electron chi connectivity index (χ3n) is 2.32. The first-order valence-corrected chi connectivity index (χ1v) is 5.06. The van der Waals surface area contributed by atoms with Crippen LogP contribution in [0.3, 0.4) is 0 Å². The van der Waals surface area contributed by atoms with Crippen LogP contribution in [0.15, 0.2) is 29.0 Å². The van der Waals surface area contributed by atoms with E-state index in [1.54, 1.807) is 0 Å². The van der Waals surface area contributed by atoms with Gasteiger partial charge in [0.1, 0.15) is 5.52 Å². The lowest BCUT2D eigenvalue weighted by Gasteiger charge is -2.02. The molecule has 1 aromatic heterocycles. The van der Waals surface area contributed by atoms with Gasteiger partial charge in [0.25, 0.3) is 0 Å². The van der Waals surface area contributed by atoms with Crippen molar-refractivity contribution in [2.24, 2.45) is 5.73 Å². The van der Waals surface area contributed by atoms with Gasteiger partial charge in [0.2, 0.25) is 0 Å². The van der Waals surface area contributed by atoms with Crippen LogP contribution in [0.1, 0.15) is 5.56 Å². The highest BCUT2D eigenvalue weighted by atomic mass is 16.3. The van der Waals surface area contributed by atoms with Crippen LogP contribution in [0, 0.1) is 0 Å². The molecule has 0 atom stereocenters. The van der Waals surface area contributed by atoms with Crippen LogP contribution >= 0.6 is 0 Å². The number of oxazole rings is 1. The van der Waals surface area contributed by atoms with Crippen LogP contribution in [0.4, 0.5) is 0 Å². The van der Waals surface area contributed by atoms with Crippen molar-refractivity contribution in [3.63, 3.8) is 0 Å². The van der Waals surface area contributed by atoms with Crippen LogP contribution in [0.25, 0.3) is 11.1 Å². The van der Waals surface area contributed by atoms with Gasteiger partial charge in [-0.05, 0) is 24.1 Å². The van der Waals surface area contributed by atoms with E-state index < -0.39 is 11.8 Å². The second-order valence-corrected chi connectivity index (χ2v) is 3.52. The molecule has 0 bridgehead atoms. The summed E-state index contributed by atoms with van der Waals surface area (Å²) in [5, 5.41) is 2.41. The minimum atomic E-state index is -0.976. The molecule has 0 aliphatic rings. The van der Waals surface area contributed by atoms with Crippen molar-refractivity contribution in [1.82, 2.24) is 10.3 Å². The molecule has 0 fully saturated rings. The number of fused-ring (bicyclic) bond motifs is 1. The fraction of sp³-hybridized carbons (Fsp3) is 0.182. The second-order valence-electron chi connectivity index (χ2n) is 3.52. The minimum absolute atomic E-state index is 0.349. The Morgan fingerprint density at radius 3 is 3.00 bits per heavy atom. The largest absolute Gasteiger partial charge is 0.443 e. The van der Waals surface area contributed by atoms with Gasteiger partial charge in [-0.2, -0.15) is 0 Å². The molecule has 6 heteroatoms. The highest BCUT2D eigenvalue weighted by Gasteiger charge is 2.07. The molecular formula is C11H11N3O3. The Balaban J connectivity index is 1.94. The lowest BCUT2D eigenvalue weighted by molar-refractivity contribution is -0.137. The Bertz CT molecular complexity index is 562. The molecule has 0 saturated heterocycles. The van der Waals surface area contributed by atoms with Crippen molar-refractivity contribution < 1.29 is 14.0 Å². The maximum atomic E-state index is 10.9. The van der Waals surface area contributed by atoms with Gasteiger partial charge in [-0.15, -0.1) is 0 Å². The van der Waals surface area contributed by atoms with Crippen molar-refractivity contribution in [2.75, 3.05) is 6.54 Å². The molecule has 2 aromatic rings. The quantitative estimate of drug-likeness (QED) is 0.727. The van der Waals surface area contributed by atoms with Crippen molar-refractivity contribution in [1.29, 1.82) is 0 Å². The van der Waals surface area contributed by atoms with Crippen LogP contribution in [0.2, 0.25) is 0 Å². The monoisotopic (exact) mass is 233 g/mol. The maximum Gasteiger partial charge on any atom is 0.309 e. The first-order chi connectivity index (χ1) is 8.16. The van der Waals surface area contributed by atoms with Gasteiger partial charge in [0.05, 0.1) is 0 Å². The van der Waals surface area contributed by atoms with Crippen molar-refractivity contribution in [3.05, 3.63) is 30.2 Å². The predicted octanol–water partition coefficient (Wildman–Crippen LogP) is -0.0282. The summed E-state index contributed by atoms with van der Waals surface area (Å²) in [5.41, 5.74) is 7.27. The van der Waals surface area contributed by atoms with E-state index in [1.807, 2.05) is 18.2 Å². The van der Waals surface area contributed by atoms with Gasteiger partial charge in [0, 0.05) is 6.54 Å². The fourth-order valence-corrected chi connectivity index (χ4v) is 1.46. The average Bonchev–Trinajstić information content (AvgIpc) is 2.75. The number of aromatic nitrogens is 1. The molecule has 2 rings (SSSR count). The molecule has 6 nitrogen and oxygen atoms in total. The molecule has 3 N–H and O–H groups in total. The van der Waals surface area contributed by atoms with E-state index in [9.17, 15) is 9.59 Å². The maximum absolute atomic E-state index is 10.9. The van der Waals surface area contributed by atoms with Crippen LogP contribution in [-0.4, -0.2) is 23.3 Å². The summed E-state index contributed by atoms with van der Waals surface area (Å²) in [4.78, 5) is 25.4. The lowest BCUT2D eigenvalue weighted by atomic mass is 10.1. The predicted molar refractivity (Wildman–Crippen MR) is 59.9 cm³/mol. The van der Waals surface area contributed by atoms with Gasteiger partial charge in [-0.1, -0.05) is 6.07 Å². The molecule has 0 spiro atoms. The highest BCUT2D eigenvalue weighted by Crippen LogP contribution is 2.14. The standard InChI is InChI=1S/C11H11N3O3/c12-10(15)11(16)13-4-3-7-1-2-8-9(5-7)17-6-14-8/h1-2,5-6H,3-4H2,(H2,12,15)(H,13,16). The molecule has 0 saturated carbocycles. The van der Waals surface area contributed by atoms with E-state index in [4.69, 9.17) is 10.2 Å².